The first kappa shape index (κ1) is 29.6. The first-order valence-corrected chi connectivity index (χ1v) is 16.3. The number of pyridine rings is 1. The molecule has 2 aromatic rings. The molecule has 1 aromatic heterocycles. The van der Waals surface area contributed by atoms with Crippen LogP contribution in [0.5, 0.6) is 0 Å². The van der Waals surface area contributed by atoms with E-state index in [-0.39, 0.29) is 17.7 Å². The Hall–Kier alpha value is -3.46. The molecule has 230 valence electrons. The van der Waals surface area contributed by atoms with Gasteiger partial charge in [-0.1, -0.05) is 0 Å². The van der Waals surface area contributed by atoms with E-state index in [1.54, 1.807) is 24.4 Å². The number of rotatable bonds is 11. The number of nitrogens with zero attached hydrogens (tertiary/aromatic N) is 3. The molecule has 6 rings (SSSR count). The second-order valence-electron chi connectivity index (χ2n) is 13.4. The van der Waals surface area contributed by atoms with E-state index in [0.29, 0.717) is 52.6 Å². The third-order valence-corrected chi connectivity index (χ3v) is 10.2. The summed E-state index contributed by atoms with van der Waals surface area (Å²) in [7, 11) is 2.16. The predicted molar refractivity (Wildman–Crippen MR) is 169 cm³/mol. The van der Waals surface area contributed by atoms with Crippen LogP contribution in [-0.4, -0.2) is 72.8 Å². The third-order valence-electron chi connectivity index (χ3n) is 10.2. The Labute approximate surface area is 255 Å². The summed E-state index contributed by atoms with van der Waals surface area (Å²) in [6, 6.07) is 9.43. The number of carbonyl (C=O) groups excluding carboxylic acids is 3. The Kier molecular flexibility index (Phi) is 8.98. The number of anilines is 2. The van der Waals surface area contributed by atoms with E-state index in [1.165, 1.54) is 25.7 Å². The quantitative estimate of drug-likeness (QED) is 0.332. The zero-order valence-electron chi connectivity index (χ0n) is 25.4. The molecule has 2 aliphatic heterocycles. The molecule has 9 nitrogen and oxygen atoms in total. The van der Waals surface area contributed by atoms with Crippen LogP contribution in [-0.2, 0) is 0 Å². The maximum absolute atomic E-state index is 13.3. The van der Waals surface area contributed by atoms with Crippen LogP contribution >= 0.6 is 0 Å². The number of fused-ring (bicyclic) bond motifs is 1. The first-order chi connectivity index (χ1) is 20.8. The minimum Gasteiger partial charge on any atom is -0.384 e. The summed E-state index contributed by atoms with van der Waals surface area (Å²) in [6.07, 6.45) is 12.1. The van der Waals surface area contributed by atoms with Crippen LogP contribution in [0.3, 0.4) is 0 Å². The SMILES string of the molecule is CN1CCC(CCC(=O)c2ccc(N3CCCC4CC(NC(=O)c5ccc(C(N)=O)c(NCC6CC6)c5)CC43)nc2)CC1. The van der Waals surface area contributed by atoms with E-state index < -0.39 is 5.91 Å². The number of nitrogens with two attached hydrogens (primary N) is 1. The van der Waals surface area contributed by atoms with Crippen molar-refractivity contribution in [3.05, 3.63) is 53.2 Å². The topological polar surface area (TPSA) is 121 Å². The summed E-state index contributed by atoms with van der Waals surface area (Å²) in [5.41, 5.74) is 7.87. The highest BCUT2D eigenvalue weighted by atomic mass is 16.2. The number of benzene rings is 1. The molecule has 0 spiro atoms. The third kappa shape index (κ3) is 7.20. The fourth-order valence-corrected chi connectivity index (χ4v) is 7.33. The zero-order valence-corrected chi connectivity index (χ0v) is 25.4. The van der Waals surface area contributed by atoms with Crippen LogP contribution < -0.4 is 21.3 Å². The molecule has 0 bridgehead atoms. The lowest BCUT2D eigenvalue weighted by Gasteiger charge is -2.38. The lowest BCUT2D eigenvalue weighted by molar-refractivity contribution is 0.0933. The standard InChI is InChI=1S/C34H46N6O3/c1-39-15-12-22(13-16-39)6-10-31(41)26-8-11-32(37-21-26)40-14-2-3-24-17-27(19-30(24)40)38-34(43)25-7-9-28(33(35)42)29(18-25)36-20-23-4-5-23/h7-9,11,18,21-24,27,30,36H,2-6,10,12-17,19-20H2,1H3,(H2,35,42)(H,38,43). The van der Waals surface area contributed by atoms with Gasteiger partial charge in [-0.3, -0.25) is 14.4 Å². The summed E-state index contributed by atoms with van der Waals surface area (Å²) < 4.78 is 0. The van der Waals surface area contributed by atoms with Crippen molar-refractivity contribution in [1.82, 2.24) is 15.2 Å². The fraction of sp³-hybridized carbons (Fsp3) is 0.588. The number of Topliss-reactive ketones (excluding diaryl/α,β-unsaturated/α-hetero) is 1. The van der Waals surface area contributed by atoms with Gasteiger partial charge in [-0.2, -0.15) is 0 Å². The Morgan fingerprint density at radius 3 is 2.47 bits per heavy atom. The average Bonchev–Trinajstić information content (AvgIpc) is 3.76. The maximum Gasteiger partial charge on any atom is 0.251 e. The Morgan fingerprint density at radius 1 is 0.953 bits per heavy atom. The minimum atomic E-state index is -0.496. The molecule has 9 heteroatoms. The highest BCUT2D eigenvalue weighted by Gasteiger charge is 2.41. The van der Waals surface area contributed by atoms with Crippen molar-refractivity contribution < 1.29 is 14.4 Å². The molecule has 4 aliphatic rings. The van der Waals surface area contributed by atoms with Crippen molar-refractivity contribution in [2.45, 2.75) is 76.3 Å². The van der Waals surface area contributed by atoms with Crippen LogP contribution in [0.2, 0.25) is 0 Å². The van der Waals surface area contributed by atoms with Crippen LogP contribution in [0.4, 0.5) is 11.5 Å². The van der Waals surface area contributed by atoms with Gasteiger partial charge >= 0.3 is 0 Å². The van der Waals surface area contributed by atoms with Gasteiger partial charge in [0.2, 0.25) is 0 Å². The van der Waals surface area contributed by atoms with E-state index >= 15 is 0 Å². The Morgan fingerprint density at radius 2 is 1.74 bits per heavy atom. The van der Waals surface area contributed by atoms with Gasteiger partial charge in [0.05, 0.1) is 5.56 Å². The molecular weight excluding hydrogens is 540 g/mol. The summed E-state index contributed by atoms with van der Waals surface area (Å²) in [4.78, 5) is 47.6. The maximum atomic E-state index is 13.3. The van der Waals surface area contributed by atoms with Crippen molar-refractivity contribution in [1.29, 1.82) is 0 Å². The molecule has 2 aliphatic carbocycles. The van der Waals surface area contributed by atoms with Gasteiger partial charge in [-0.25, -0.2) is 4.98 Å². The molecular formula is C34H46N6O3. The van der Waals surface area contributed by atoms with Crippen LogP contribution in [0.1, 0.15) is 95.3 Å². The molecule has 2 amide bonds. The van der Waals surface area contributed by atoms with Gasteiger partial charge in [-0.15, -0.1) is 0 Å². The Balaban J connectivity index is 1.05. The lowest BCUT2D eigenvalue weighted by Crippen LogP contribution is -2.43. The second kappa shape index (κ2) is 13.0. The van der Waals surface area contributed by atoms with E-state index in [0.717, 1.165) is 64.1 Å². The molecule has 43 heavy (non-hydrogen) atoms. The molecule has 3 heterocycles. The molecule has 1 aromatic carbocycles. The van der Waals surface area contributed by atoms with E-state index in [2.05, 4.69) is 27.5 Å². The average molecular weight is 587 g/mol. The number of hydrogen-bond acceptors (Lipinski definition) is 7. The van der Waals surface area contributed by atoms with Crippen molar-refractivity contribution in [3.63, 3.8) is 0 Å². The normalized spacial score (nSPS) is 24.4. The van der Waals surface area contributed by atoms with Crippen molar-refractivity contribution in [2.24, 2.45) is 23.5 Å². The molecule has 4 N–H and O–H groups in total. The number of ketones is 1. The highest BCUT2D eigenvalue weighted by Crippen LogP contribution is 2.39. The van der Waals surface area contributed by atoms with Gasteiger partial charge in [-0.05, 0) is 126 Å². The summed E-state index contributed by atoms with van der Waals surface area (Å²) in [5, 5.41) is 6.59. The summed E-state index contributed by atoms with van der Waals surface area (Å²) >= 11 is 0. The van der Waals surface area contributed by atoms with Gasteiger partial charge in [0.25, 0.3) is 11.8 Å². The number of piperidine rings is 2. The smallest absolute Gasteiger partial charge is 0.251 e. The molecule has 0 radical (unpaired) electrons. The highest BCUT2D eigenvalue weighted by molar-refractivity contribution is 6.02. The number of primary amides is 1. The number of amides is 2. The molecule has 3 unspecified atom stereocenters. The van der Waals surface area contributed by atoms with E-state index in [1.807, 2.05) is 12.1 Å². The van der Waals surface area contributed by atoms with E-state index in [4.69, 9.17) is 10.7 Å². The van der Waals surface area contributed by atoms with Gasteiger partial charge in [0.15, 0.2) is 5.78 Å². The lowest BCUT2D eigenvalue weighted by atomic mass is 9.90. The largest absolute Gasteiger partial charge is 0.384 e. The number of carbonyl (C=O) groups is 3. The van der Waals surface area contributed by atoms with Crippen molar-refractivity contribution in [3.8, 4) is 0 Å². The van der Waals surface area contributed by atoms with Crippen LogP contribution in [0.25, 0.3) is 0 Å². The predicted octanol–water partition coefficient (Wildman–Crippen LogP) is 4.48. The molecule has 2 saturated heterocycles. The van der Waals surface area contributed by atoms with Crippen molar-refractivity contribution in [2.75, 3.05) is 43.4 Å². The van der Waals surface area contributed by atoms with Gasteiger partial charge in [0.1, 0.15) is 5.82 Å². The molecule has 3 atom stereocenters. The first-order valence-electron chi connectivity index (χ1n) is 16.3. The monoisotopic (exact) mass is 586 g/mol. The summed E-state index contributed by atoms with van der Waals surface area (Å²) in [6.45, 7) is 3.97. The number of hydrogen-bond donors (Lipinski definition) is 3. The number of likely N-dealkylation sites (tertiary alicyclic amines) is 1. The van der Waals surface area contributed by atoms with Gasteiger partial charge in [0, 0.05) is 54.6 Å². The fourth-order valence-electron chi connectivity index (χ4n) is 7.33. The minimum absolute atomic E-state index is 0.0715. The van der Waals surface area contributed by atoms with Gasteiger partial charge < -0.3 is 26.2 Å². The van der Waals surface area contributed by atoms with Crippen LogP contribution in [0, 0.1) is 17.8 Å². The second-order valence-corrected chi connectivity index (χ2v) is 13.4. The molecule has 4 fully saturated rings. The number of nitrogens with one attached hydrogen (secondary N) is 2. The summed E-state index contributed by atoms with van der Waals surface area (Å²) in [5.74, 6) is 2.25. The van der Waals surface area contributed by atoms with Crippen molar-refractivity contribution >= 4 is 29.1 Å². The van der Waals surface area contributed by atoms with Crippen LogP contribution in [0.15, 0.2) is 36.5 Å². The number of aromatic nitrogens is 1. The molecule has 2 saturated carbocycles. The zero-order chi connectivity index (χ0) is 29.9. The van der Waals surface area contributed by atoms with E-state index in [9.17, 15) is 14.4 Å². The Bertz CT molecular complexity index is 1320.